The first-order valence-electron chi connectivity index (χ1n) is 10.3. The highest BCUT2D eigenvalue weighted by Crippen LogP contribution is 2.54. The first-order valence-corrected chi connectivity index (χ1v) is 12.3. The number of aliphatic hydroxyl groups is 1. The van der Waals surface area contributed by atoms with E-state index in [9.17, 15) is 23.7 Å². The molecule has 0 aliphatic heterocycles. The Morgan fingerprint density at radius 2 is 1.90 bits per heavy atom. The van der Waals surface area contributed by atoms with Crippen molar-refractivity contribution in [2.24, 2.45) is 10.8 Å². The molecule has 1 aliphatic rings. The van der Waals surface area contributed by atoms with Crippen molar-refractivity contribution in [2.45, 2.75) is 66.4 Å². The summed E-state index contributed by atoms with van der Waals surface area (Å²) in [6.07, 6.45) is -0.263. The van der Waals surface area contributed by atoms with Gasteiger partial charge >= 0.3 is 5.97 Å². The normalized spacial score (nSPS) is 21.2. The Labute approximate surface area is 178 Å². The molecule has 3 N–H and O–H groups in total. The summed E-state index contributed by atoms with van der Waals surface area (Å²) < 4.78 is 26.5. The molecule has 0 spiro atoms. The maximum absolute atomic E-state index is 13.8. The minimum atomic E-state index is -3.70. The molecule has 0 fully saturated rings. The number of carbonyl (C=O) groups is 1. The van der Waals surface area contributed by atoms with Gasteiger partial charge in [0.2, 0.25) is 7.37 Å². The number of halogens is 1. The van der Waals surface area contributed by atoms with Crippen LogP contribution in [0.15, 0.2) is 23.8 Å². The molecule has 0 heterocycles. The molecule has 2 rings (SSSR count). The summed E-state index contributed by atoms with van der Waals surface area (Å²) in [6, 6.07) is 5.06. The van der Waals surface area contributed by atoms with E-state index in [4.69, 9.17) is 5.11 Å². The molecule has 1 unspecified atom stereocenters. The topological polar surface area (TPSA) is 94.8 Å². The fraction of sp³-hybridized carbons (Fsp3) is 0.609. The van der Waals surface area contributed by atoms with Crippen molar-refractivity contribution in [1.82, 2.24) is 0 Å². The van der Waals surface area contributed by atoms with Crippen LogP contribution in [0.25, 0.3) is 5.57 Å². The van der Waals surface area contributed by atoms with Gasteiger partial charge in [0, 0.05) is 6.16 Å². The SMILES string of the molecule is Cc1cc(C2=C(CCP(=O)(O)C[C@H](O)CC(=O)O)C(C)(C)CC(C)(C)C2)ccc1F. The fourth-order valence-corrected chi connectivity index (χ4v) is 6.47. The summed E-state index contributed by atoms with van der Waals surface area (Å²) in [4.78, 5) is 21.1. The monoisotopic (exact) mass is 440 g/mol. The minimum absolute atomic E-state index is 0.0213. The molecule has 7 heteroatoms. The Hall–Kier alpha value is -1.49. The molecule has 0 aromatic heterocycles. The number of benzene rings is 1. The van der Waals surface area contributed by atoms with Crippen LogP contribution in [0.2, 0.25) is 0 Å². The summed E-state index contributed by atoms with van der Waals surface area (Å²) in [5, 5.41) is 18.6. The molecule has 1 aromatic rings. The predicted molar refractivity (Wildman–Crippen MR) is 117 cm³/mol. The average Bonchev–Trinajstić information content (AvgIpc) is 2.52. The van der Waals surface area contributed by atoms with Gasteiger partial charge in [0.1, 0.15) is 5.82 Å². The Bertz CT molecular complexity index is 888. The molecule has 0 amide bonds. The number of carboxylic acid groups (broad SMARTS) is 1. The summed E-state index contributed by atoms with van der Waals surface area (Å²) in [7, 11) is -3.70. The van der Waals surface area contributed by atoms with E-state index in [-0.39, 0.29) is 22.8 Å². The standard InChI is InChI=1S/C23H34FO5P/c1-15-10-16(6-7-20(15)24)18-12-22(2,3)14-23(4,5)19(18)8-9-30(28,29)13-17(25)11-21(26)27/h6-7,10,17,25H,8-9,11-14H2,1-5H3,(H,26,27)(H,28,29)/t17-/m1/s1. The second-order valence-corrected chi connectivity index (χ2v) is 12.6. The van der Waals surface area contributed by atoms with Gasteiger partial charge in [-0.1, -0.05) is 39.3 Å². The Kier molecular flexibility index (Phi) is 7.38. The lowest BCUT2D eigenvalue weighted by Crippen LogP contribution is -2.31. The molecular formula is C23H34FO5P. The molecule has 1 aliphatic carbocycles. The highest BCUT2D eigenvalue weighted by atomic mass is 31.2. The highest BCUT2D eigenvalue weighted by molar-refractivity contribution is 7.58. The fourth-order valence-electron chi connectivity index (χ4n) is 4.93. The molecule has 2 atom stereocenters. The molecule has 168 valence electrons. The van der Waals surface area contributed by atoms with E-state index in [1.165, 1.54) is 6.07 Å². The van der Waals surface area contributed by atoms with Gasteiger partial charge in [-0.15, -0.1) is 0 Å². The first kappa shape index (κ1) is 24.8. The van der Waals surface area contributed by atoms with Crippen molar-refractivity contribution >= 4 is 18.9 Å². The Morgan fingerprint density at radius 1 is 1.27 bits per heavy atom. The van der Waals surface area contributed by atoms with Crippen LogP contribution in [0, 0.1) is 23.6 Å². The number of aliphatic hydroxyl groups excluding tert-OH is 1. The Balaban J connectivity index is 2.37. The quantitative estimate of drug-likeness (QED) is 0.481. The third-order valence-electron chi connectivity index (χ3n) is 5.88. The smallest absolute Gasteiger partial charge is 0.305 e. The van der Waals surface area contributed by atoms with Gasteiger partial charge in [-0.05, 0) is 65.8 Å². The number of aliphatic carboxylic acids is 1. The van der Waals surface area contributed by atoms with E-state index in [0.29, 0.717) is 12.0 Å². The van der Waals surface area contributed by atoms with Gasteiger partial charge in [-0.2, -0.15) is 0 Å². The zero-order valence-electron chi connectivity index (χ0n) is 18.5. The zero-order valence-corrected chi connectivity index (χ0v) is 19.4. The van der Waals surface area contributed by atoms with Crippen LogP contribution >= 0.6 is 7.37 Å². The largest absolute Gasteiger partial charge is 0.481 e. The van der Waals surface area contributed by atoms with Gasteiger partial charge in [0.15, 0.2) is 0 Å². The number of carboxylic acids is 1. The van der Waals surface area contributed by atoms with E-state index in [2.05, 4.69) is 27.7 Å². The van der Waals surface area contributed by atoms with Crippen LogP contribution in [0.4, 0.5) is 4.39 Å². The number of hydrogen-bond donors (Lipinski definition) is 3. The van der Waals surface area contributed by atoms with Gasteiger partial charge < -0.3 is 15.1 Å². The summed E-state index contributed by atoms with van der Waals surface area (Å²) in [5.41, 5.74) is 3.48. The molecule has 0 bridgehead atoms. The van der Waals surface area contributed by atoms with Crippen LogP contribution in [-0.4, -0.2) is 39.5 Å². The van der Waals surface area contributed by atoms with E-state index < -0.39 is 32.0 Å². The highest BCUT2D eigenvalue weighted by Gasteiger charge is 2.40. The van der Waals surface area contributed by atoms with Gasteiger partial charge in [0.05, 0.1) is 18.7 Å². The number of rotatable bonds is 8. The Morgan fingerprint density at radius 3 is 2.47 bits per heavy atom. The van der Waals surface area contributed by atoms with Crippen LogP contribution in [-0.2, 0) is 9.36 Å². The first-order chi connectivity index (χ1) is 13.6. The molecule has 30 heavy (non-hydrogen) atoms. The third kappa shape index (κ3) is 6.50. The number of allylic oxidation sites excluding steroid dienone is 2. The molecule has 5 nitrogen and oxygen atoms in total. The van der Waals surface area contributed by atoms with Crippen molar-refractivity contribution in [1.29, 1.82) is 0 Å². The zero-order chi connectivity index (χ0) is 22.9. The lowest BCUT2D eigenvalue weighted by molar-refractivity contribution is -0.138. The molecule has 0 saturated heterocycles. The van der Waals surface area contributed by atoms with Crippen molar-refractivity contribution in [3.63, 3.8) is 0 Å². The van der Waals surface area contributed by atoms with Crippen LogP contribution in [0.3, 0.4) is 0 Å². The van der Waals surface area contributed by atoms with E-state index in [1.54, 1.807) is 13.0 Å². The molecular weight excluding hydrogens is 406 g/mol. The van der Waals surface area contributed by atoms with Crippen molar-refractivity contribution in [2.75, 3.05) is 12.3 Å². The number of aryl methyl sites for hydroxylation is 1. The third-order valence-corrected chi connectivity index (χ3v) is 7.80. The second kappa shape index (κ2) is 8.94. The van der Waals surface area contributed by atoms with Crippen LogP contribution < -0.4 is 0 Å². The molecule has 0 saturated carbocycles. The number of hydrogen-bond acceptors (Lipinski definition) is 3. The maximum Gasteiger partial charge on any atom is 0.305 e. The lowest BCUT2D eigenvalue weighted by Gasteiger charge is -2.44. The van der Waals surface area contributed by atoms with Gasteiger partial charge in [0.25, 0.3) is 0 Å². The summed E-state index contributed by atoms with van der Waals surface area (Å²) in [5.74, 6) is -1.46. The van der Waals surface area contributed by atoms with Crippen LogP contribution in [0.1, 0.15) is 64.5 Å². The lowest BCUT2D eigenvalue weighted by atomic mass is 9.61. The predicted octanol–water partition coefficient (Wildman–Crippen LogP) is 5.23. The van der Waals surface area contributed by atoms with E-state index in [0.717, 1.165) is 29.6 Å². The van der Waals surface area contributed by atoms with Crippen molar-refractivity contribution in [3.8, 4) is 0 Å². The second-order valence-electron chi connectivity index (χ2n) is 10.1. The van der Waals surface area contributed by atoms with Crippen molar-refractivity contribution < 1.29 is 28.9 Å². The molecule has 1 aromatic carbocycles. The van der Waals surface area contributed by atoms with E-state index >= 15 is 0 Å². The van der Waals surface area contributed by atoms with E-state index in [1.807, 2.05) is 6.07 Å². The summed E-state index contributed by atoms with van der Waals surface area (Å²) in [6.45, 7) is 10.4. The molecule has 0 radical (unpaired) electrons. The van der Waals surface area contributed by atoms with Gasteiger partial charge in [-0.3, -0.25) is 9.36 Å². The minimum Gasteiger partial charge on any atom is -0.481 e. The van der Waals surface area contributed by atoms with Gasteiger partial charge in [-0.25, -0.2) is 4.39 Å². The average molecular weight is 440 g/mol. The maximum atomic E-state index is 13.8. The van der Waals surface area contributed by atoms with Crippen LogP contribution in [0.5, 0.6) is 0 Å². The van der Waals surface area contributed by atoms with Crippen molar-refractivity contribution in [3.05, 3.63) is 40.7 Å². The summed E-state index contributed by atoms with van der Waals surface area (Å²) >= 11 is 0.